The molecule has 0 saturated heterocycles. The number of nitrogens with zero attached hydrogens (tertiary/aromatic N) is 4. The summed E-state index contributed by atoms with van der Waals surface area (Å²) < 4.78 is 49.9. The smallest absolute Gasteiger partial charge is 0.626 e. The van der Waals surface area contributed by atoms with Crippen molar-refractivity contribution in [2.45, 2.75) is 9.79 Å². The van der Waals surface area contributed by atoms with Crippen LogP contribution in [0.25, 0.3) is 97.6 Å². The van der Waals surface area contributed by atoms with Gasteiger partial charge in [0.15, 0.2) is 45.3 Å². The first-order valence-electron chi connectivity index (χ1n) is 29.8. The first-order valence-corrected chi connectivity index (χ1v) is 32.2. The van der Waals surface area contributed by atoms with E-state index in [4.69, 9.17) is 79.8 Å². The zero-order valence-electron chi connectivity index (χ0n) is 49.3. The Morgan fingerprint density at radius 2 is 0.621 bits per heavy atom. The van der Waals surface area contributed by atoms with Crippen LogP contribution in [0, 0.1) is 0 Å². The van der Waals surface area contributed by atoms with Crippen molar-refractivity contribution in [3.63, 3.8) is 0 Å². The number of hydrogen-bond acceptors (Lipinski definition) is 12. The Morgan fingerprint density at radius 1 is 0.316 bits per heavy atom. The van der Waals surface area contributed by atoms with E-state index in [1.807, 2.05) is 267 Å². The van der Waals surface area contributed by atoms with Gasteiger partial charge in [-0.3, -0.25) is 0 Å². The minimum absolute atomic E-state index is 0. The largest absolute Gasteiger partial charge is 2.00 e. The molecule has 10 aromatic carbocycles. The molecular formula is C78H44Cl2N4NiO8S2. The average Bonchev–Trinajstić information content (AvgIpc) is 1.66. The molecule has 460 valence electrons. The third-order valence-electron chi connectivity index (χ3n) is 15.8. The van der Waals surface area contributed by atoms with E-state index in [2.05, 4.69) is 0 Å². The fourth-order valence-electron chi connectivity index (χ4n) is 11.5. The van der Waals surface area contributed by atoms with E-state index < -0.39 is 0 Å². The topological polar surface area (TPSA) is 142 Å². The van der Waals surface area contributed by atoms with Crippen LogP contribution in [0.3, 0.4) is 0 Å². The van der Waals surface area contributed by atoms with Crippen molar-refractivity contribution < 1.29 is 53.1 Å². The summed E-state index contributed by atoms with van der Waals surface area (Å²) in [6.45, 7) is 0. The summed E-state index contributed by atoms with van der Waals surface area (Å²) >= 11 is 15.5. The Morgan fingerprint density at radius 3 is 0.958 bits per heavy atom. The van der Waals surface area contributed by atoms with E-state index in [-0.39, 0.29) is 16.5 Å². The van der Waals surface area contributed by atoms with Crippen LogP contribution in [0.2, 0.25) is 10.0 Å². The van der Waals surface area contributed by atoms with Gasteiger partial charge < -0.3 is 46.6 Å². The molecule has 95 heavy (non-hydrogen) atoms. The fraction of sp³-hybridized carbons (Fsp3) is 0. The molecule has 0 saturated carbocycles. The van der Waals surface area contributed by atoms with Gasteiger partial charge >= 0.3 is 16.5 Å². The molecule has 17 heteroatoms. The molecule has 12 nitrogen and oxygen atoms in total. The maximum atomic E-state index is 6.30. The second kappa shape index (κ2) is 25.3. The van der Waals surface area contributed by atoms with Crippen molar-refractivity contribution in [3.05, 3.63) is 300 Å². The van der Waals surface area contributed by atoms with Crippen molar-refractivity contribution in [1.29, 1.82) is 0 Å². The number of ether oxygens (including phenoxy) is 4. The van der Waals surface area contributed by atoms with Gasteiger partial charge in [-0.1, -0.05) is 180 Å². The van der Waals surface area contributed by atoms with Gasteiger partial charge in [-0.15, -0.1) is 11.4 Å². The standard InChI is InChI=1S/2C39H22ClN2O4S.Ni/c2*40-23-15-17-24(18-16-23)47-39(29-19-21-35(41-29)43-33-13-5-9-27-25-7-1-3-11-31(25)45-37(27)33)30-20-22-36(42-30)44-34-14-6-10-28-26-8-2-4-12-32(26)46-38(28)34;/h2*1-22H;/q2*-1;+2/b2*39-29+;. The number of para-hydroxylation sites is 8. The van der Waals surface area contributed by atoms with Crippen LogP contribution in [0.1, 0.15) is 11.4 Å². The van der Waals surface area contributed by atoms with Gasteiger partial charge in [0.05, 0.1) is 11.4 Å². The predicted molar refractivity (Wildman–Crippen MR) is 377 cm³/mol. The Bertz CT molecular complexity index is 5510. The van der Waals surface area contributed by atoms with E-state index in [9.17, 15) is 0 Å². The third kappa shape index (κ3) is 11.6. The molecule has 16 aromatic rings. The van der Waals surface area contributed by atoms with Crippen LogP contribution in [0.5, 0.6) is 34.8 Å². The quantitative estimate of drug-likeness (QED) is 0.0849. The van der Waals surface area contributed by atoms with Crippen LogP contribution < -0.4 is 28.9 Å². The van der Waals surface area contributed by atoms with Crippen LogP contribution in [-0.2, 0) is 16.5 Å². The number of rotatable bonds is 12. The van der Waals surface area contributed by atoms with Crippen molar-refractivity contribution >= 4 is 156 Å². The Kier molecular flexibility index (Phi) is 15.8. The molecule has 18 rings (SSSR count). The van der Waals surface area contributed by atoms with E-state index in [0.717, 1.165) is 85.0 Å². The summed E-state index contributed by atoms with van der Waals surface area (Å²) in [7, 11) is 0. The van der Waals surface area contributed by atoms with Gasteiger partial charge in [0.2, 0.25) is 11.8 Å². The van der Waals surface area contributed by atoms with E-state index in [1.54, 1.807) is 0 Å². The molecule has 0 radical (unpaired) electrons. The number of benzene rings is 10. The summed E-state index contributed by atoms with van der Waals surface area (Å²) in [4.78, 5) is 23.1. The summed E-state index contributed by atoms with van der Waals surface area (Å²) in [5.74, 6) is 4.16. The number of aromatic nitrogens is 2. The van der Waals surface area contributed by atoms with E-state index in [0.29, 0.717) is 102 Å². The number of allylic oxidation sites excluding steroid dienone is 2. The number of fused-ring (bicyclic) bond motifs is 12. The van der Waals surface area contributed by atoms with Gasteiger partial charge in [0, 0.05) is 96.6 Å². The van der Waals surface area contributed by atoms with Gasteiger partial charge in [-0.05, 0) is 121 Å². The second-order valence-electron chi connectivity index (χ2n) is 21.8. The van der Waals surface area contributed by atoms with E-state index >= 15 is 0 Å². The molecule has 0 fully saturated rings. The molecule has 0 aliphatic carbocycles. The molecule has 0 amide bonds. The van der Waals surface area contributed by atoms with Gasteiger partial charge in [0.25, 0.3) is 0 Å². The Labute approximate surface area is 569 Å². The summed E-state index contributed by atoms with van der Waals surface area (Å²) in [5, 5.41) is 9.44. The number of aliphatic imine (C=N–C) groups is 2. The molecule has 0 spiro atoms. The molecule has 0 N–H and O–H groups in total. The molecule has 6 aromatic heterocycles. The minimum atomic E-state index is 0. The zero-order valence-corrected chi connectivity index (χ0v) is 53.5. The number of halogens is 2. The monoisotopic (exact) mass is 1360 g/mol. The first-order chi connectivity index (χ1) is 46.3. The zero-order chi connectivity index (χ0) is 62.6. The molecule has 8 heterocycles. The Hall–Kier alpha value is -10.8. The third-order valence-corrected chi connectivity index (χ3v) is 18.6. The first kappa shape index (κ1) is 59.3. The number of furan rings is 4. The van der Waals surface area contributed by atoms with Gasteiger partial charge in [0.1, 0.15) is 22.3 Å². The molecule has 0 atom stereocenters. The normalized spacial score (nSPS) is 13.9. The second-order valence-corrected chi connectivity index (χ2v) is 24.8. The molecule has 2 aliphatic rings. The van der Waals surface area contributed by atoms with Gasteiger partial charge in [-0.25, -0.2) is 9.98 Å². The van der Waals surface area contributed by atoms with E-state index in [1.165, 1.54) is 23.5 Å². The molecule has 0 unspecified atom stereocenters. The fourth-order valence-corrected chi connectivity index (χ4v) is 13.6. The predicted octanol–water partition coefficient (Wildman–Crippen LogP) is 22.8. The Balaban J connectivity index is 0.000000148. The number of hydrogen-bond donors (Lipinski definition) is 0. The van der Waals surface area contributed by atoms with Crippen molar-refractivity contribution in [2.24, 2.45) is 9.98 Å². The summed E-state index contributed by atoms with van der Waals surface area (Å²) in [5.41, 5.74) is 8.78. The van der Waals surface area contributed by atoms with Crippen LogP contribution in [0.15, 0.2) is 316 Å². The summed E-state index contributed by atoms with van der Waals surface area (Å²) in [6, 6.07) is 78.2. The van der Waals surface area contributed by atoms with Crippen LogP contribution in [0.4, 0.5) is 0 Å². The maximum Gasteiger partial charge on any atom is 2.00 e. The maximum absolute atomic E-state index is 6.30. The van der Waals surface area contributed by atoms with Gasteiger partial charge in [-0.2, -0.15) is 0 Å². The van der Waals surface area contributed by atoms with Crippen molar-refractivity contribution in [2.75, 3.05) is 0 Å². The molecule has 0 bridgehead atoms. The van der Waals surface area contributed by atoms with Crippen molar-refractivity contribution in [1.82, 2.24) is 9.97 Å². The molecule has 2 aliphatic heterocycles. The van der Waals surface area contributed by atoms with Crippen LogP contribution in [-0.4, -0.2) is 11.8 Å². The van der Waals surface area contributed by atoms with Crippen molar-refractivity contribution in [3.8, 4) is 34.8 Å². The average molecular weight is 1360 g/mol. The van der Waals surface area contributed by atoms with Crippen LogP contribution >= 0.6 is 46.7 Å². The SMILES string of the molecule is Clc1ccc(S/C(=C2\C=CC(Oc3cccc4c3oc3ccccc34)=N2)c2ccc(Oc3cccc4c3oc3ccccc34)[n-]2)cc1.Clc1ccc(S/C(=C2\C=CC(Oc3cccc4c3oc3ccccc34)=N2)c2ccc(Oc3cccc4c3oc3ccccc34)[n-]2)cc1.[Ni+2]. The minimum Gasteiger partial charge on any atom is -0.626 e. The summed E-state index contributed by atoms with van der Waals surface area (Å²) in [6.07, 6.45) is 7.55. The molecular weight excluding hydrogens is 1310 g/mol. The number of thioether (sulfide) groups is 2.